The first kappa shape index (κ1) is 14.1. The topological polar surface area (TPSA) is 54.0 Å². The highest BCUT2D eigenvalue weighted by molar-refractivity contribution is 6.04. The molecule has 1 atom stereocenters. The van der Waals surface area contributed by atoms with E-state index in [2.05, 4.69) is 15.6 Å². The van der Waals surface area contributed by atoms with Crippen molar-refractivity contribution in [3.63, 3.8) is 0 Å². The number of carbonyl (C=O) groups excluding carboxylic acids is 1. The highest BCUT2D eigenvalue weighted by Gasteiger charge is 2.08. The zero-order valence-electron chi connectivity index (χ0n) is 11.4. The van der Waals surface area contributed by atoms with Crippen molar-refractivity contribution in [2.75, 3.05) is 12.4 Å². The Hall–Kier alpha value is -2.27. The molecule has 0 bridgehead atoms. The molecule has 1 aromatic heterocycles. The Bertz CT molecular complexity index is 598. The molecule has 2 N–H and O–H groups in total. The van der Waals surface area contributed by atoms with E-state index in [1.807, 2.05) is 38.2 Å². The molecule has 0 saturated heterocycles. The van der Waals surface area contributed by atoms with Crippen LogP contribution in [0.1, 0.15) is 28.9 Å². The Kier molecular flexibility index (Phi) is 4.42. The molecular formula is C15H16FN3O. The van der Waals surface area contributed by atoms with Gasteiger partial charge >= 0.3 is 0 Å². The first-order valence-electron chi connectivity index (χ1n) is 6.29. The molecule has 20 heavy (non-hydrogen) atoms. The van der Waals surface area contributed by atoms with Crippen LogP contribution in [-0.2, 0) is 0 Å². The monoisotopic (exact) mass is 273 g/mol. The summed E-state index contributed by atoms with van der Waals surface area (Å²) in [5.41, 5.74) is 1.97. The van der Waals surface area contributed by atoms with Crippen LogP contribution in [0.15, 0.2) is 42.7 Å². The molecule has 0 fully saturated rings. The molecule has 4 nitrogen and oxygen atoms in total. The summed E-state index contributed by atoms with van der Waals surface area (Å²) in [6, 6.07) is 8.88. The quantitative estimate of drug-likeness (QED) is 0.900. The third-order valence-electron chi connectivity index (χ3n) is 3.07. The summed E-state index contributed by atoms with van der Waals surface area (Å²) in [6.45, 7) is 2.05. The molecule has 1 heterocycles. The fraction of sp³-hybridized carbons (Fsp3) is 0.200. The van der Waals surface area contributed by atoms with Gasteiger partial charge in [0.05, 0.1) is 11.8 Å². The highest BCUT2D eigenvalue weighted by atomic mass is 19.1. The number of pyridine rings is 1. The molecule has 1 amide bonds. The van der Waals surface area contributed by atoms with Crippen molar-refractivity contribution in [1.29, 1.82) is 0 Å². The number of hydrogen-bond acceptors (Lipinski definition) is 3. The Morgan fingerprint density at radius 1 is 1.25 bits per heavy atom. The maximum Gasteiger partial charge on any atom is 0.257 e. The van der Waals surface area contributed by atoms with Crippen LogP contribution in [0, 0.1) is 5.82 Å². The van der Waals surface area contributed by atoms with Gasteiger partial charge in [-0.2, -0.15) is 0 Å². The van der Waals surface area contributed by atoms with Gasteiger partial charge in [0.2, 0.25) is 0 Å². The minimum absolute atomic E-state index is 0.192. The Labute approximate surface area is 117 Å². The van der Waals surface area contributed by atoms with Crippen LogP contribution in [0.3, 0.4) is 0 Å². The van der Waals surface area contributed by atoms with Gasteiger partial charge in [-0.1, -0.05) is 12.1 Å². The van der Waals surface area contributed by atoms with Gasteiger partial charge in [-0.3, -0.25) is 9.78 Å². The summed E-state index contributed by atoms with van der Waals surface area (Å²) in [5.74, 6) is -0.915. The molecule has 1 unspecified atom stereocenters. The molecule has 104 valence electrons. The number of anilines is 1. The fourth-order valence-corrected chi connectivity index (χ4v) is 1.76. The molecule has 1 aromatic carbocycles. The van der Waals surface area contributed by atoms with Gasteiger partial charge in [0.25, 0.3) is 5.91 Å². The van der Waals surface area contributed by atoms with Gasteiger partial charge in [0.15, 0.2) is 0 Å². The lowest BCUT2D eigenvalue weighted by molar-refractivity contribution is 0.102. The lowest BCUT2D eigenvalue weighted by atomic mass is 10.1. The third-order valence-corrected chi connectivity index (χ3v) is 3.07. The van der Waals surface area contributed by atoms with Crippen molar-refractivity contribution in [2.45, 2.75) is 13.0 Å². The molecule has 0 spiro atoms. The maximum atomic E-state index is 13.0. The minimum Gasteiger partial charge on any atom is -0.322 e. The number of amides is 1. The van der Waals surface area contributed by atoms with Crippen LogP contribution >= 0.6 is 0 Å². The van der Waals surface area contributed by atoms with Crippen molar-refractivity contribution in [3.8, 4) is 0 Å². The Morgan fingerprint density at radius 2 is 1.95 bits per heavy atom. The van der Waals surface area contributed by atoms with E-state index in [0.717, 1.165) is 17.8 Å². The van der Waals surface area contributed by atoms with E-state index in [4.69, 9.17) is 0 Å². The zero-order chi connectivity index (χ0) is 14.5. The normalized spacial score (nSPS) is 11.9. The first-order valence-corrected chi connectivity index (χ1v) is 6.29. The standard InChI is InChI=1S/C15H16FN3O/c1-10(17-2)11-3-5-14(6-4-11)19-15(20)12-7-13(16)9-18-8-12/h3-10,17H,1-2H3,(H,19,20). The van der Waals surface area contributed by atoms with Crippen LogP contribution in [0.2, 0.25) is 0 Å². The fourth-order valence-electron chi connectivity index (χ4n) is 1.76. The molecule has 0 radical (unpaired) electrons. The van der Waals surface area contributed by atoms with Gasteiger partial charge in [0, 0.05) is 17.9 Å². The minimum atomic E-state index is -0.532. The first-order chi connectivity index (χ1) is 9.60. The summed E-state index contributed by atoms with van der Waals surface area (Å²) in [6.07, 6.45) is 2.39. The Morgan fingerprint density at radius 3 is 2.55 bits per heavy atom. The summed E-state index contributed by atoms with van der Waals surface area (Å²) in [7, 11) is 1.89. The maximum absolute atomic E-state index is 13.0. The largest absolute Gasteiger partial charge is 0.322 e. The van der Waals surface area contributed by atoms with E-state index < -0.39 is 5.82 Å². The molecule has 0 aliphatic heterocycles. The number of nitrogens with one attached hydrogen (secondary N) is 2. The molecular weight excluding hydrogens is 257 g/mol. The molecule has 2 aromatic rings. The van der Waals surface area contributed by atoms with E-state index in [9.17, 15) is 9.18 Å². The van der Waals surface area contributed by atoms with Gasteiger partial charge < -0.3 is 10.6 Å². The van der Waals surface area contributed by atoms with E-state index in [1.54, 1.807) is 0 Å². The van der Waals surface area contributed by atoms with E-state index in [1.165, 1.54) is 6.20 Å². The van der Waals surface area contributed by atoms with Crippen LogP contribution in [-0.4, -0.2) is 17.9 Å². The highest BCUT2D eigenvalue weighted by Crippen LogP contribution is 2.16. The van der Waals surface area contributed by atoms with Crippen LogP contribution in [0.25, 0.3) is 0 Å². The predicted molar refractivity (Wildman–Crippen MR) is 76.1 cm³/mol. The molecule has 2 rings (SSSR count). The van der Waals surface area contributed by atoms with Crippen LogP contribution in [0.4, 0.5) is 10.1 Å². The summed E-state index contributed by atoms with van der Waals surface area (Å²) < 4.78 is 13.0. The van der Waals surface area contributed by atoms with E-state index in [0.29, 0.717) is 5.69 Å². The van der Waals surface area contributed by atoms with Crippen molar-refractivity contribution in [1.82, 2.24) is 10.3 Å². The van der Waals surface area contributed by atoms with Gasteiger partial charge in [-0.25, -0.2) is 4.39 Å². The average molecular weight is 273 g/mol. The van der Waals surface area contributed by atoms with Crippen LogP contribution < -0.4 is 10.6 Å². The number of hydrogen-bond donors (Lipinski definition) is 2. The van der Waals surface area contributed by atoms with Crippen molar-refractivity contribution in [2.24, 2.45) is 0 Å². The second-order valence-electron chi connectivity index (χ2n) is 4.48. The smallest absolute Gasteiger partial charge is 0.257 e. The summed E-state index contributed by atoms with van der Waals surface area (Å²) >= 11 is 0. The molecule has 0 saturated carbocycles. The predicted octanol–water partition coefficient (Wildman–Crippen LogP) is 2.75. The number of halogens is 1. The van der Waals surface area contributed by atoms with Gasteiger partial charge in [0.1, 0.15) is 5.82 Å². The van der Waals surface area contributed by atoms with Gasteiger partial charge in [-0.15, -0.1) is 0 Å². The van der Waals surface area contributed by atoms with Crippen molar-refractivity contribution < 1.29 is 9.18 Å². The SMILES string of the molecule is CNC(C)c1ccc(NC(=O)c2cncc(F)c2)cc1. The average Bonchev–Trinajstić information content (AvgIpc) is 2.47. The van der Waals surface area contributed by atoms with E-state index in [-0.39, 0.29) is 17.5 Å². The summed E-state index contributed by atoms with van der Waals surface area (Å²) in [5, 5.41) is 5.84. The zero-order valence-corrected chi connectivity index (χ0v) is 11.4. The second kappa shape index (κ2) is 6.25. The second-order valence-corrected chi connectivity index (χ2v) is 4.48. The Balaban J connectivity index is 2.08. The number of carbonyl (C=O) groups is 1. The lowest BCUT2D eigenvalue weighted by Crippen LogP contribution is -2.14. The van der Waals surface area contributed by atoms with Gasteiger partial charge in [-0.05, 0) is 37.7 Å². The number of rotatable bonds is 4. The summed E-state index contributed by atoms with van der Waals surface area (Å²) in [4.78, 5) is 15.6. The van der Waals surface area contributed by atoms with Crippen LogP contribution in [0.5, 0.6) is 0 Å². The third kappa shape index (κ3) is 3.39. The van der Waals surface area contributed by atoms with Crippen molar-refractivity contribution in [3.05, 3.63) is 59.7 Å². The molecule has 0 aliphatic carbocycles. The van der Waals surface area contributed by atoms with Crippen molar-refractivity contribution >= 4 is 11.6 Å². The lowest BCUT2D eigenvalue weighted by Gasteiger charge is -2.11. The number of nitrogens with zero attached hydrogens (tertiary/aromatic N) is 1. The number of benzene rings is 1. The molecule has 0 aliphatic rings. The molecule has 5 heteroatoms. The number of aromatic nitrogens is 1. The van der Waals surface area contributed by atoms with E-state index >= 15 is 0 Å².